The van der Waals surface area contributed by atoms with Gasteiger partial charge in [0.2, 0.25) is 5.91 Å². The first-order valence-corrected chi connectivity index (χ1v) is 9.71. The molecule has 1 atom stereocenters. The molecule has 0 aliphatic rings. The van der Waals surface area contributed by atoms with Crippen LogP contribution in [0.25, 0.3) is 0 Å². The smallest absolute Gasteiger partial charge is 0.261 e. The molecular weight excluding hydrogens is 372 g/mol. The maximum atomic E-state index is 12.5. The van der Waals surface area contributed by atoms with Crippen LogP contribution in [0.15, 0.2) is 66.7 Å². The van der Waals surface area contributed by atoms with Gasteiger partial charge in [-0.3, -0.25) is 9.59 Å². The zero-order valence-electron chi connectivity index (χ0n) is 15.8. The number of carbonyl (C=O) groups excluding carboxylic acids is 2. The second-order valence-corrected chi connectivity index (χ2v) is 7.57. The van der Waals surface area contributed by atoms with Gasteiger partial charge in [0.05, 0.1) is 24.6 Å². The summed E-state index contributed by atoms with van der Waals surface area (Å²) in [6.07, 6.45) is 0. The molecule has 1 unspecified atom stereocenters. The molecule has 0 fully saturated rings. The minimum absolute atomic E-state index is 0.0880. The quantitative estimate of drug-likeness (QED) is 0.642. The van der Waals surface area contributed by atoms with E-state index in [9.17, 15) is 9.59 Å². The van der Waals surface area contributed by atoms with E-state index in [1.165, 1.54) is 11.3 Å². The molecule has 28 heavy (non-hydrogen) atoms. The number of aryl methyl sites for hydroxylation is 1. The second kappa shape index (κ2) is 9.19. The molecule has 144 valence electrons. The summed E-state index contributed by atoms with van der Waals surface area (Å²) in [6, 6.07) is 20.6. The van der Waals surface area contributed by atoms with E-state index >= 15 is 0 Å². The zero-order chi connectivity index (χ0) is 19.9. The third-order valence-electron chi connectivity index (χ3n) is 4.26. The maximum absolute atomic E-state index is 12.5. The Balaban J connectivity index is 1.70. The Bertz CT molecular complexity index is 936. The maximum Gasteiger partial charge on any atom is 0.261 e. The average molecular weight is 394 g/mol. The Labute approximate surface area is 168 Å². The summed E-state index contributed by atoms with van der Waals surface area (Å²) in [4.78, 5) is 26.3. The van der Waals surface area contributed by atoms with Crippen molar-refractivity contribution in [1.29, 1.82) is 0 Å². The summed E-state index contributed by atoms with van der Waals surface area (Å²) >= 11 is 1.40. The Hall–Kier alpha value is -3.12. The number of benzene rings is 2. The van der Waals surface area contributed by atoms with Gasteiger partial charge in [-0.25, -0.2) is 0 Å². The molecule has 5 nitrogen and oxygen atoms in total. The predicted octanol–water partition coefficient (Wildman–Crippen LogP) is 3.70. The lowest BCUT2D eigenvalue weighted by molar-refractivity contribution is -0.120. The van der Waals surface area contributed by atoms with Gasteiger partial charge in [-0.05, 0) is 42.3 Å². The minimum atomic E-state index is -0.319. The number of amides is 2. The van der Waals surface area contributed by atoms with Gasteiger partial charge in [0.15, 0.2) is 0 Å². The highest BCUT2D eigenvalue weighted by Crippen LogP contribution is 2.24. The average Bonchev–Trinajstić information content (AvgIpc) is 3.17. The highest BCUT2D eigenvalue weighted by molar-refractivity contribution is 7.13. The van der Waals surface area contributed by atoms with Crippen molar-refractivity contribution in [2.75, 3.05) is 13.7 Å². The molecule has 1 aromatic heterocycles. The highest BCUT2D eigenvalue weighted by Gasteiger charge is 2.18. The topological polar surface area (TPSA) is 67.4 Å². The number of hydrogen-bond donors (Lipinski definition) is 2. The van der Waals surface area contributed by atoms with Crippen molar-refractivity contribution in [2.24, 2.45) is 0 Å². The van der Waals surface area contributed by atoms with Crippen molar-refractivity contribution in [3.8, 4) is 5.75 Å². The van der Waals surface area contributed by atoms with E-state index in [-0.39, 0.29) is 24.4 Å². The third-order valence-corrected chi connectivity index (χ3v) is 5.26. The largest absolute Gasteiger partial charge is 0.497 e. The van der Waals surface area contributed by atoms with Crippen LogP contribution in [-0.4, -0.2) is 25.5 Å². The van der Waals surface area contributed by atoms with Gasteiger partial charge in [-0.15, -0.1) is 11.3 Å². The van der Waals surface area contributed by atoms with Gasteiger partial charge in [-0.2, -0.15) is 0 Å². The summed E-state index contributed by atoms with van der Waals surface area (Å²) in [6.45, 7) is 1.85. The summed E-state index contributed by atoms with van der Waals surface area (Å²) in [7, 11) is 1.61. The van der Waals surface area contributed by atoms with Gasteiger partial charge in [0.1, 0.15) is 5.75 Å². The fraction of sp³-hybridized carbons (Fsp3) is 0.182. The lowest BCUT2D eigenvalue weighted by atomic mass is 9.98. The highest BCUT2D eigenvalue weighted by atomic mass is 32.1. The molecule has 2 aromatic carbocycles. The third kappa shape index (κ3) is 4.98. The van der Waals surface area contributed by atoms with E-state index in [2.05, 4.69) is 10.6 Å². The fourth-order valence-corrected chi connectivity index (χ4v) is 3.60. The number of rotatable bonds is 7. The Kier molecular flexibility index (Phi) is 6.45. The molecule has 0 spiro atoms. The van der Waals surface area contributed by atoms with Gasteiger partial charge in [0, 0.05) is 4.88 Å². The van der Waals surface area contributed by atoms with Crippen LogP contribution < -0.4 is 15.4 Å². The number of nitrogens with one attached hydrogen (secondary N) is 2. The van der Waals surface area contributed by atoms with Crippen molar-refractivity contribution in [2.45, 2.75) is 13.0 Å². The molecular formula is C22H22N2O3S. The molecule has 0 saturated heterocycles. The number of hydrogen-bond acceptors (Lipinski definition) is 4. The van der Waals surface area contributed by atoms with Gasteiger partial charge in [-0.1, -0.05) is 42.5 Å². The van der Waals surface area contributed by atoms with Gasteiger partial charge >= 0.3 is 0 Å². The number of carbonyl (C=O) groups is 2. The van der Waals surface area contributed by atoms with Crippen molar-refractivity contribution >= 4 is 23.2 Å². The van der Waals surface area contributed by atoms with E-state index in [0.717, 1.165) is 21.8 Å². The van der Waals surface area contributed by atoms with E-state index in [4.69, 9.17) is 4.74 Å². The monoisotopic (exact) mass is 394 g/mol. The van der Waals surface area contributed by atoms with E-state index in [0.29, 0.717) is 4.88 Å². The van der Waals surface area contributed by atoms with Crippen LogP contribution >= 0.6 is 11.3 Å². The van der Waals surface area contributed by atoms with Crippen LogP contribution in [0.4, 0.5) is 0 Å². The fourth-order valence-electron chi connectivity index (χ4n) is 2.82. The lowest BCUT2D eigenvalue weighted by Crippen LogP contribution is -2.38. The normalized spacial score (nSPS) is 11.5. The SMILES string of the molecule is COc1ccc(C(NC(=O)CNC(=O)c2ccc(C)s2)c2ccccc2)cc1. The first-order chi connectivity index (χ1) is 13.6. The predicted molar refractivity (Wildman–Crippen MR) is 111 cm³/mol. The number of ether oxygens (including phenoxy) is 1. The van der Waals surface area contributed by atoms with Crippen LogP contribution in [-0.2, 0) is 4.79 Å². The van der Waals surface area contributed by atoms with Crippen LogP contribution in [0, 0.1) is 6.92 Å². The summed E-state index contributed by atoms with van der Waals surface area (Å²) in [5.41, 5.74) is 1.89. The lowest BCUT2D eigenvalue weighted by Gasteiger charge is -2.20. The van der Waals surface area contributed by atoms with Crippen LogP contribution in [0.1, 0.15) is 31.7 Å². The van der Waals surface area contributed by atoms with E-state index in [1.807, 2.05) is 67.6 Å². The molecule has 1 heterocycles. The zero-order valence-corrected chi connectivity index (χ0v) is 16.6. The standard InChI is InChI=1S/C22H22N2O3S/c1-15-8-13-19(28-15)22(26)23-14-20(25)24-21(16-6-4-3-5-7-16)17-9-11-18(27-2)12-10-17/h3-13,21H,14H2,1-2H3,(H,23,26)(H,24,25). The first kappa shape index (κ1) is 19.6. The molecule has 6 heteroatoms. The molecule has 0 radical (unpaired) electrons. The van der Waals surface area contributed by atoms with Crippen molar-refractivity contribution in [1.82, 2.24) is 10.6 Å². The molecule has 2 N–H and O–H groups in total. The molecule has 0 aliphatic carbocycles. The van der Waals surface area contributed by atoms with Gasteiger partial charge in [0.25, 0.3) is 5.91 Å². The Morgan fingerprint density at radius 3 is 2.25 bits per heavy atom. The molecule has 0 aliphatic heterocycles. The second-order valence-electron chi connectivity index (χ2n) is 6.28. The van der Waals surface area contributed by atoms with Crippen LogP contribution in [0.2, 0.25) is 0 Å². The van der Waals surface area contributed by atoms with E-state index in [1.54, 1.807) is 13.2 Å². The first-order valence-electron chi connectivity index (χ1n) is 8.89. The molecule has 2 amide bonds. The van der Waals surface area contributed by atoms with Gasteiger partial charge < -0.3 is 15.4 Å². The molecule has 0 bridgehead atoms. The Morgan fingerprint density at radius 2 is 1.64 bits per heavy atom. The van der Waals surface area contributed by atoms with Crippen LogP contribution in [0.3, 0.4) is 0 Å². The minimum Gasteiger partial charge on any atom is -0.497 e. The Morgan fingerprint density at radius 1 is 0.964 bits per heavy atom. The van der Waals surface area contributed by atoms with Crippen LogP contribution in [0.5, 0.6) is 5.75 Å². The number of methoxy groups -OCH3 is 1. The number of thiophene rings is 1. The summed E-state index contributed by atoms with van der Waals surface area (Å²) < 4.78 is 5.21. The van der Waals surface area contributed by atoms with E-state index < -0.39 is 0 Å². The van der Waals surface area contributed by atoms with Crippen molar-refractivity contribution in [3.05, 3.63) is 87.6 Å². The molecule has 0 saturated carbocycles. The summed E-state index contributed by atoms with van der Waals surface area (Å²) in [5.74, 6) is 0.251. The molecule has 3 rings (SSSR count). The summed E-state index contributed by atoms with van der Waals surface area (Å²) in [5, 5.41) is 5.69. The van der Waals surface area contributed by atoms with Crippen molar-refractivity contribution < 1.29 is 14.3 Å². The molecule has 3 aromatic rings. The van der Waals surface area contributed by atoms with Crippen molar-refractivity contribution in [3.63, 3.8) is 0 Å².